The maximum absolute atomic E-state index is 12.8. The molecule has 2 heterocycles. The molecule has 8 heteroatoms. The van der Waals surface area contributed by atoms with Crippen LogP contribution in [0.5, 0.6) is 0 Å². The molecule has 0 aliphatic carbocycles. The van der Waals surface area contributed by atoms with Crippen LogP contribution in [-0.4, -0.2) is 47.5 Å². The van der Waals surface area contributed by atoms with E-state index in [1.807, 2.05) is 24.3 Å². The third-order valence-electron chi connectivity index (χ3n) is 5.80. The molecule has 2 aliphatic rings. The number of rotatable bonds is 4. The van der Waals surface area contributed by atoms with Gasteiger partial charge in [-0.1, -0.05) is 34.1 Å². The zero-order valence-electron chi connectivity index (χ0n) is 19.6. The van der Waals surface area contributed by atoms with Crippen LogP contribution in [0.25, 0.3) is 11.1 Å². The van der Waals surface area contributed by atoms with Crippen LogP contribution >= 0.6 is 15.9 Å². The van der Waals surface area contributed by atoms with E-state index < -0.39 is 23.7 Å². The fourth-order valence-corrected chi connectivity index (χ4v) is 4.64. The molecule has 1 fully saturated rings. The molecular formula is C26H28BrNO6. The number of carbonyl (C=O) groups excluding carboxylic acids is 3. The van der Waals surface area contributed by atoms with E-state index in [0.29, 0.717) is 38.2 Å². The Morgan fingerprint density at radius 3 is 2.44 bits per heavy atom. The van der Waals surface area contributed by atoms with Crippen molar-refractivity contribution < 1.29 is 28.6 Å². The number of hydrogen-bond acceptors (Lipinski definition) is 6. The van der Waals surface area contributed by atoms with Crippen molar-refractivity contribution in [3.63, 3.8) is 0 Å². The summed E-state index contributed by atoms with van der Waals surface area (Å²) in [5.41, 5.74) is 3.87. The summed E-state index contributed by atoms with van der Waals surface area (Å²) in [6, 6.07) is 10.8. The van der Waals surface area contributed by atoms with Gasteiger partial charge >= 0.3 is 12.1 Å². The lowest BCUT2D eigenvalue weighted by molar-refractivity contribution is -0.147. The zero-order valence-corrected chi connectivity index (χ0v) is 21.1. The van der Waals surface area contributed by atoms with Crippen molar-refractivity contribution in [2.45, 2.75) is 58.5 Å². The van der Waals surface area contributed by atoms with Gasteiger partial charge in [-0.15, -0.1) is 0 Å². The lowest BCUT2D eigenvalue weighted by Crippen LogP contribution is -2.44. The van der Waals surface area contributed by atoms with Crippen molar-refractivity contribution in [2.24, 2.45) is 0 Å². The smallest absolute Gasteiger partial charge is 0.411 e. The van der Waals surface area contributed by atoms with Crippen molar-refractivity contribution in [2.75, 3.05) is 13.2 Å². The first-order valence-electron chi connectivity index (χ1n) is 11.3. The van der Waals surface area contributed by atoms with Crippen LogP contribution in [0.15, 0.2) is 40.9 Å². The van der Waals surface area contributed by atoms with Gasteiger partial charge in [-0.3, -0.25) is 9.69 Å². The Morgan fingerprint density at radius 1 is 1.06 bits per heavy atom. The average molecular weight is 530 g/mol. The predicted octanol–water partition coefficient (Wildman–Crippen LogP) is 5.27. The first-order chi connectivity index (χ1) is 16.1. The highest BCUT2D eigenvalue weighted by molar-refractivity contribution is 9.10. The van der Waals surface area contributed by atoms with E-state index in [4.69, 9.17) is 14.2 Å². The third-order valence-corrected chi connectivity index (χ3v) is 6.29. The van der Waals surface area contributed by atoms with Crippen LogP contribution in [-0.2, 0) is 32.2 Å². The molecule has 180 valence electrons. The summed E-state index contributed by atoms with van der Waals surface area (Å²) in [5, 5.41) is 0. The Kier molecular flexibility index (Phi) is 7.09. The summed E-state index contributed by atoms with van der Waals surface area (Å²) >= 11 is 3.49. The summed E-state index contributed by atoms with van der Waals surface area (Å²) < 4.78 is 17.5. The zero-order chi connectivity index (χ0) is 24.5. The van der Waals surface area contributed by atoms with Gasteiger partial charge in [0.05, 0.1) is 13.2 Å². The molecule has 0 spiro atoms. The summed E-state index contributed by atoms with van der Waals surface area (Å²) in [6.45, 7) is 6.23. The summed E-state index contributed by atoms with van der Waals surface area (Å²) in [5.74, 6) is -0.896. The number of likely N-dealkylation sites (tertiary alicyclic amines) is 1. The van der Waals surface area contributed by atoms with Crippen molar-refractivity contribution in [3.8, 4) is 11.1 Å². The molecule has 2 aliphatic heterocycles. The number of carbonyl (C=O) groups is 3. The number of nitrogens with zero attached hydrogens (tertiary/aromatic N) is 1. The minimum Gasteiger partial charge on any atom is -0.456 e. The van der Waals surface area contributed by atoms with Crippen molar-refractivity contribution in [3.05, 3.63) is 57.6 Å². The Balaban J connectivity index is 1.42. The van der Waals surface area contributed by atoms with E-state index >= 15 is 0 Å². The quantitative estimate of drug-likeness (QED) is 0.396. The van der Waals surface area contributed by atoms with Gasteiger partial charge in [0.25, 0.3) is 0 Å². The third kappa shape index (κ3) is 5.50. The molecule has 0 radical (unpaired) electrons. The van der Waals surface area contributed by atoms with E-state index in [9.17, 15) is 14.4 Å². The second-order valence-electron chi connectivity index (χ2n) is 9.53. The Hall–Kier alpha value is -2.71. The number of amides is 1. The summed E-state index contributed by atoms with van der Waals surface area (Å²) in [6.07, 6.45) is 0.615. The normalized spacial score (nSPS) is 17.4. The molecule has 0 unspecified atom stereocenters. The molecule has 7 nitrogen and oxygen atoms in total. The van der Waals surface area contributed by atoms with Crippen LogP contribution in [0.1, 0.15) is 55.1 Å². The number of hydrogen-bond donors (Lipinski definition) is 0. The molecule has 1 atom stereocenters. The first kappa shape index (κ1) is 24.4. The van der Waals surface area contributed by atoms with Crippen LogP contribution in [0.3, 0.4) is 0 Å². The molecule has 0 saturated carbocycles. The van der Waals surface area contributed by atoms with Gasteiger partial charge in [0.15, 0.2) is 12.4 Å². The molecule has 1 amide bonds. The lowest BCUT2D eigenvalue weighted by Gasteiger charge is -2.27. The summed E-state index contributed by atoms with van der Waals surface area (Å²) in [4.78, 5) is 39.3. The van der Waals surface area contributed by atoms with Gasteiger partial charge in [0.1, 0.15) is 11.6 Å². The fourth-order valence-electron chi connectivity index (χ4n) is 4.23. The van der Waals surface area contributed by atoms with Crippen molar-refractivity contribution in [1.29, 1.82) is 0 Å². The van der Waals surface area contributed by atoms with Crippen LogP contribution in [0.2, 0.25) is 0 Å². The standard InChI is InChI=1S/C26H28BrNO6/c1-26(2,3)34-25(31)28-10-4-5-22(28)24(30)33-15-23(29)16-6-8-20-17(11-16)13-32-14-18-12-19(27)7-9-21(18)20/h6-9,11-12,22H,4-5,10,13-15H2,1-3H3/t22-/m0/s1. The molecule has 0 N–H and O–H groups in total. The summed E-state index contributed by atoms with van der Waals surface area (Å²) in [7, 11) is 0. The Morgan fingerprint density at radius 2 is 1.74 bits per heavy atom. The average Bonchev–Trinajstić information content (AvgIpc) is 3.20. The molecule has 1 saturated heterocycles. The highest BCUT2D eigenvalue weighted by atomic mass is 79.9. The number of ketones is 1. The van der Waals surface area contributed by atoms with Gasteiger partial charge in [0, 0.05) is 16.6 Å². The molecule has 34 heavy (non-hydrogen) atoms. The van der Waals surface area contributed by atoms with Gasteiger partial charge in [0.2, 0.25) is 0 Å². The molecule has 2 aromatic carbocycles. The fraction of sp³-hybridized carbons (Fsp3) is 0.423. The van der Waals surface area contributed by atoms with Crippen molar-refractivity contribution >= 4 is 33.8 Å². The SMILES string of the molecule is CC(C)(C)OC(=O)N1CCC[C@H]1C(=O)OCC(=O)c1ccc2c(c1)COCc1cc(Br)ccc1-2. The minimum absolute atomic E-state index is 0.307. The number of Topliss-reactive ketones (excluding diaryl/α,β-unsaturated/α-hetero) is 1. The monoisotopic (exact) mass is 529 g/mol. The van der Waals surface area contributed by atoms with Gasteiger partial charge in [-0.2, -0.15) is 0 Å². The van der Waals surface area contributed by atoms with Crippen molar-refractivity contribution in [1.82, 2.24) is 4.90 Å². The van der Waals surface area contributed by atoms with E-state index in [0.717, 1.165) is 26.7 Å². The lowest BCUT2D eigenvalue weighted by atomic mass is 9.94. The van der Waals surface area contributed by atoms with Gasteiger partial charge in [-0.05, 0) is 74.1 Å². The second-order valence-corrected chi connectivity index (χ2v) is 10.4. The Bertz CT molecular complexity index is 1120. The number of esters is 1. The maximum atomic E-state index is 12.8. The number of benzene rings is 2. The molecule has 0 bridgehead atoms. The van der Waals surface area contributed by atoms with Crippen LogP contribution < -0.4 is 0 Å². The largest absolute Gasteiger partial charge is 0.456 e. The van der Waals surface area contributed by atoms with Crippen LogP contribution in [0.4, 0.5) is 4.79 Å². The second kappa shape index (κ2) is 9.88. The van der Waals surface area contributed by atoms with Crippen LogP contribution in [0, 0.1) is 0 Å². The minimum atomic E-state index is -0.737. The number of ether oxygens (including phenoxy) is 3. The molecule has 2 aromatic rings. The first-order valence-corrected chi connectivity index (χ1v) is 12.1. The maximum Gasteiger partial charge on any atom is 0.411 e. The topological polar surface area (TPSA) is 82.1 Å². The van der Waals surface area contributed by atoms with E-state index in [1.54, 1.807) is 32.9 Å². The van der Waals surface area contributed by atoms with E-state index in [-0.39, 0.29) is 12.4 Å². The Labute approximate surface area is 207 Å². The molecular weight excluding hydrogens is 502 g/mol. The van der Waals surface area contributed by atoms with Gasteiger partial charge in [-0.25, -0.2) is 9.59 Å². The predicted molar refractivity (Wildman–Crippen MR) is 129 cm³/mol. The highest BCUT2D eigenvalue weighted by Gasteiger charge is 2.37. The highest BCUT2D eigenvalue weighted by Crippen LogP contribution is 2.34. The van der Waals surface area contributed by atoms with E-state index in [2.05, 4.69) is 15.9 Å². The molecule has 0 aromatic heterocycles. The molecule has 4 rings (SSSR count). The van der Waals surface area contributed by atoms with E-state index in [1.165, 1.54) is 4.90 Å². The van der Waals surface area contributed by atoms with Gasteiger partial charge < -0.3 is 14.2 Å². The number of halogens is 1. The number of fused-ring (bicyclic) bond motifs is 3.